The smallest absolute Gasteiger partial charge is 0.387 e. The number of rotatable bonds is 4. The first kappa shape index (κ1) is 14.0. The second-order valence-corrected chi connectivity index (χ2v) is 4.18. The second kappa shape index (κ2) is 5.73. The first-order valence-corrected chi connectivity index (χ1v) is 5.89. The maximum Gasteiger partial charge on any atom is 0.387 e. The molecule has 1 amide bonds. The molecule has 0 saturated carbocycles. The molecule has 1 aromatic carbocycles. The number of amides is 1. The second-order valence-electron chi connectivity index (χ2n) is 4.18. The third kappa shape index (κ3) is 3.34. The molecule has 1 aromatic heterocycles. The standard InChI is InChI=1S/C14H13F2NO3/c1-8-7-12(9(2)19-8)13(18)17-10-3-5-11(6-4-10)20-14(15)16/h3-7,14H,1-2H3,(H,17,18). The number of ether oxygens (including phenoxy) is 1. The Kier molecular flexibility index (Phi) is 4.02. The zero-order chi connectivity index (χ0) is 14.7. The van der Waals surface area contributed by atoms with Gasteiger partial charge in [0.2, 0.25) is 0 Å². The van der Waals surface area contributed by atoms with Crippen molar-refractivity contribution in [3.8, 4) is 5.75 Å². The SMILES string of the molecule is Cc1cc(C(=O)Nc2ccc(OC(F)F)cc2)c(C)o1. The van der Waals surface area contributed by atoms with E-state index in [0.717, 1.165) is 0 Å². The molecule has 0 unspecified atom stereocenters. The van der Waals surface area contributed by atoms with Crippen molar-refractivity contribution in [2.75, 3.05) is 5.32 Å². The van der Waals surface area contributed by atoms with E-state index < -0.39 is 6.61 Å². The summed E-state index contributed by atoms with van der Waals surface area (Å²) >= 11 is 0. The number of aryl methyl sites for hydroxylation is 2. The summed E-state index contributed by atoms with van der Waals surface area (Å²) in [5, 5.41) is 2.65. The molecule has 20 heavy (non-hydrogen) atoms. The fourth-order valence-electron chi connectivity index (χ4n) is 1.77. The number of furan rings is 1. The lowest BCUT2D eigenvalue weighted by molar-refractivity contribution is -0.0498. The lowest BCUT2D eigenvalue weighted by Crippen LogP contribution is -2.12. The van der Waals surface area contributed by atoms with Gasteiger partial charge in [-0.3, -0.25) is 4.79 Å². The lowest BCUT2D eigenvalue weighted by Gasteiger charge is -2.07. The number of anilines is 1. The number of halogens is 2. The zero-order valence-electron chi connectivity index (χ0n) is 10.9. The lowest BCUT2D eigenvalue weighted by atomic mass is 10.2. The van der Waals surface area contributed by atoms with Crippen molar-refractivity contribution in [1.29, 1.82) is 0 Å². The highest BCUT2D eigenvalue weighted by Crippen LogP contribution is 2.20. The molecule has 2 aromatic rings. The van der Waals surface area contributed by atoms with E-state index in [4.69, 9.17) is 4.42 Å². The van der Waals surface area contributed by atoms with Crippen molar-refractivity contribution in [3.63, 3.8) is 0 Å². The van der Waals surface area contributed by atoms with Crippen LogP contribution in [0.1, 0.15) is 21.9 Å². The largest absolute Gasteiger partial charge is 0.466 e. The van der Waals surface area contributed by atoms with Gasteiger partial charge in [-0.2, -0.15) is 8.78 Å². The Morgan fingerprint density at radius 3 is 2.40 bits per heavy atom. The van der Waals surface area contributed by atoms with Crippen LogP contribution in [0.15, 0.2) is 34.7 Å². The Morgan fingerprint density at radius 2 is 1.90 bits per heavy atom. The molecule has 1 heterocycles. The van der Waals surface area contributed by atoms with Crippen LogP contribution in [0.25, 0.3) is 0 Å². The minimum atomic E-state index is -2.87. The summed E-state index contributed by atoms with van der Waals surface area (Å²) in [5.74, 6) is 0.890. The predicted octanol–water partition coefficient (Wildman–Crippen LogP) is 3.75. The van der Waals surface area contributed by atoms with Crippen LogP contribution in [0.2, 0.25) is 0 Å². The van der Waals surface area contributed by atoms with Gasteiger partial charge in [-0.1, -0.05) is 0 Å². The van der Waals surface area contributed by atoms with Crippen molar-refractivity contribution in [2.45, 2.75) is 20.5 Å². The van der Waals surface area contributed by atoms with Crippen molar-refractivity contribution < 1.29 is 22.7 Å². The fraction of sp³-hybridized carbons (Fsp3) is 0.214. The van der Waals surface area contributed by atoms with Gasteiger partial charge in [-0.25, -0.2) is 0 Å². The van der Waals surface area contributed by atoms with E-state index >= 15 is 0 Å². The van der Waals surface area contributed by atoms with Gasteiger partial charge >= 0.3 is 6.61 Å². The van der Waals surface area contributed by atoms with E-state index in [-0.39, 0.29) is 11.7 Å². The summed E-state index contributed by atoms with van der Waals surface area (Å²) in [4.78, 5) is 12.0. The maximum absolute atomic E-state index is 12.0. The Balaban J connectivity index is 2.06. The van der Waals surface area contributed by atoms with Crippen LogP contribution in [-0.2, 0) is 0 Å². The van der Waals surface area contributed by atoms with Gasteiger partial charge in [-0.15, -0.1) is 0 Å². The molecule has 4 nitrogen and oxygen atoms in total. The molecule has 0 aliphatic heterocycles. The van der Waals surface area contributed by atoms with Crippen LogP contribution in [0, 0.1) is 13.8 Å². The highest BCUT2D eigenvalue weighted by Gasteiger charge is 2.13. The first-order valence-electron chi connectivity index (χ1n) is 5.89. The quantitative estimate of drug-likeness (QED) is 0.928. The summed E-state index contributed by atoms with van der Waals surface area (Å²) < 4.78 is 33.5. The minimum Gasteiger partial charge on any atom is -0.466 e. The number of hydrogen-bond donors (Lipinski definition) is 1. The highest BCUT2D eigenvalue weighted by molar-refractivity contribution is 6.05. The molecule has 0 saturated heterocycles. The highest BCUT2D eigenvalue weighted by atomic mass is 19.3. The van der Waals surface area contributed by atoms with Gasteiger partial charge in [0.15, 0.2) is 0 Å². The van der Waals surface area contributed by atoms with Crippen LogP contribution in [0.3, 0.4) is 0 Å². The number of benzene rings is 1. The molecule has 106 valence electrons. The molecular formula is C14H13F2NO3. The number of carbonyl (C=O) groups is 1. The van der Waals surface area contributed by atoms with Gasteiger partial charge in [-0.05, 0) is 44.2 Å². The molecule has 6 heteroatoms. The minimum absolute atomic E-state index is 0.0355. The van der Waals surface area contributed by atoms with E-state index in [0.29, 0.717) is 22.8 Å². The van der Waals surface area contributed by atoms with E-state index in [2.05, 4.69) is 10.1 Å². The van der Waals surface area contributed by atoms with Gasteiger partial charge in [0, 0.05) is 5.69 Å². The monoisotopic (exact) mass is 281 g/mol. The topological polar surface area (TPSA) is 51.5 Å². The summed E-state index contributed by atoms with van der Waals surface area (Å²) in [6.07, 6.45) is 0. The summed E-state index contributed by atoms with van der Waals surface area (Å²) in [5.41, 5.74) is 0.922. The molecule has 0 aliphatic carbocycles. The number of carbonyl (C=O) groups excluding carboxylic acids is 1. The van der Waals surface area contributed by atoms with Crippen molar-refractivity contribution in [1.82, 2.24) is 0 Å². The average Bonchev–Trinajstić information content (AvgIpc) is 2.70. The van der Waals surface area contributed by atoms with Gasteiger partial charge in [0.05, 0.1) is 5.56 Å². The summed E-state index contributed by atoms with van der Waals surface area (Å²) in [7, 11) is 0. The molecular weight excluding hydrogens is 268 g/mol. The number of nitrogens with one attached hydrogen (secondary N) is 1. The van der Waals surface area contributed by atoms with Crippen molar-refractivity contribution in [3.05, 3.63) is 47.4 Å². The molecule has 0 bridgehead atoms. The van der Waals surface area contributed by atoms with Gasteiger partial charge in [0.25, 0.3) is 5.91 Å². The summed E-state index contributed by atoms with van der Waals surface area (Å²) in [6.45, 7) is 0.578. The maximum atomic E-state index is 12.0. The van der Waals surface area contributed by atoms with Gasteiger partial charge < -0.3 is 14.5 Å². The molecule has 0 radical (unpaired) electrons. The Hall–Kier alpha value is -2.37. The van der Waals surface area contributed by atoms with Crippen LogP contribution in [0.4, 0.5) is 14.5 Å². The molecule has 0 aliphatic rings. The van der Waals surface area contributed by atoms with E-state index in [1.807, 2.05) is 0 Å². The Morgan fingerprint density at radius 1 is 1.25 bits per heavy atom. The fourth-order valence-corrected chi connectivity index (χ4v) is 1.77. The average molecular weight is 281 g/mol. The summed E-state index contributed by atoms with van der Waals surface area (Å²) in [6, 6.07) is 7.32. The van der Waals surface area contributed by atoms with E-state index in [1.165, 1.54) is 24.3 Å². The van der Waals surface area contributed by atoms with Gasteiger partial charge in [0.1, 0.15) is 17.3 Å². The van der Waals surface area contributed by atoms with Crippen LogP contribution < -0.4 is 10.1 Å². The van der Waals surface area contributed by atoms with E-state index in [9.17, 15) is 13.6 Å². The van der Waals surface area contributed by atoms with Crippen LogP contribution in [-0.4, -0.2) is 12.5 Å². The third-order valence-corrected chi connectivity index (χ3v) is 2.62. The van der Waals surface area contributed by atoms with Crippen molar-refractivity contribution in [2.24, 2.45) is 0 Å². The molecule has 0 spiro atoms. The normalized spacial score (nSPS) is 10.7. The van der Waals surface area contributed by atoms with Crippen molar-refractivity contribution >= 4 is 11.6 Å². The number of hydrogen-bond acceptors (Lipinski definition) is 3. The molecule has 0 fully saturated rings. The Bertz CT molecular complexity index is 605. The van der Waals surface area contributed by atoms with E-state index in [1.54, 1.807) is 19.9 Å². The molecule has 2 rings (SSSR count). The zero-order valence-corrected chi connectivity index (χ0v) is 10.9. The molecule has 1 N–H and O–H groups in total. The molecule has 0 atom stereocenters. The van der Waals surface area contributed by atoms with Crippen LogP contribution >= 0.6 is 0 Å². The predicted molar refractivity (Wildman–Crippen MR) is 69.2 cm³/mol. The first-order chi connectivity index (χ1) is 9.45. The Labute approximate surface area is 114 Å². The van der Waals surface area contributed by atoms with Crippen LogP contribution in [0.5, 0.6) is 5.75 Å². The third-order valence-electron chi connectivity index (χ3n) is 2.62. The number of alkyl halides is 2.